The van der Waals surface area contributed by atoms with Gasteiger partial charge in [0.15, 0.2) is 0 Å². The zero-order chi connectivity index (χ0) is 19.1. The van der Waals surface area contributed by atoms with Crippen LogP contribution in [0.1, 0.15) is 47.2 Å². The van der Waals surface area contributed by atoms with Crippen LogP contribution in [0.3, 0.4) is 0 Å². The number of benzene rings is 2. The van der Waals surface area contributed by atoms with Crippen molar-refractivity contribution in [2.75, 3.05) is 34.8 Å². The Morgan fingerprint density at radius 3 is 2.32 bits per heavy atom. The first kappa shape index (κ1) is 17.3. The van der Waals surface area contributed by atoms with Crippen LogP contribution in [0, 0.1) is 0 Å². The Hall–Kier alpha value is -2.82. The van der Waals surface area contributed by atoms with E-state index in [0.29, 0.717) is 12.0 Å². The van der Waals surface area contributed by atoms with Crippen LogP contribution in [0.2, 0.25) is 0 Å². The molecule has 0 radical (unpaired) electrons. The van der Waals surface area contributed by atoms with Crippen LogP contribution >= 0.6 is 0 Å². The third-order valence-electron chi connectivity index (χ3n) is 6.13. The van der Waals surface area contributed by atoms with Crippen molar-refractivity contribution in [3.63, 3.8) is 0 Å². The summed E-state index contributed by atoms with van der Waals surface area (Å²) < 4.78 is 0. The number of anilines is 3. The van der Waals surface area contributed by atoms with Crippen LogP contribution in [0.15, 0.2) is 36.4 Å². The quantitative estimate of drug-likeness (QED) is 0.889. The number of carbonyl (C=O) groups excluding carboxylic acids is 2. The lowest BCUT2D eigenvalue weighted by Crippen LogP contribution is -2.39. The molecule has 0 aromatic heterocycles. The van der Waals surface area contributed by atoms with Crippen molar-refractivity contribution in [1.82, 2.24) is 0 Å². The van der Waals surface area contributed by atoms with E-state index in [-0.39, 0.29) is 11.8 Å². The van der Waals surface area contributed by atoms with E-state index < -0.39 is 0 Å². The summed E-state index contributed by atoms with van der Waals surface area (Å²) >= 11 is 0. The summed E-state index contributed by atoms with van der Waals surface area (Å²) in [5, 5.41) is 3.03. The number of rotatable bonds is 3. The highest BCUT2D eigenvalue weighted by molar-refractivity contribution is 6.06. The average Bonchev–Trinajstić information content (AvgIpc) is 3.26. The van der Waals surface area contributed by atoms with E-state index in [2.05, 4.69) is 22.3 Å². The number of amides is 2. The van der Waals surface area contributed by atoms with Gasteiger partial charge in [0.1, 0.15) is 0 Å². The molecule has 0 spiro atoms. The topological polar surface area (TPSA) is 52.7 Å². The minimum atomic E-state index is -0.0815. The first-order chi connectivity index (χ1) is 13.7. The fraction of sp³-hybridized carbons (Fsp3) is 0.391. The summed E-state index contributed by atoms with van der Waals surface area (Å²) in [6.45, 7) is 3.03. The van der Waals surface area contributed by atoms with E-state index in [9.17, 15) is 9.59 Å². The highest BCUT2D eigenvalue weighted by Crippen LogP contribution is 2.36. The fourth-order valence-corrected chi connectivity index (χ4v) is 4.72. The minimum absolute atomic E-state index is 0.0815. The Morgan fingerprint density at radius 1 is 0.857 bits per heavy atom. The first-order valence-electron chi connectivity index (χ1n) is 10.3. The summed E-state index contributed by atoms with van der Waals surface area (Å²) in [5.74, 6) is 0.130. The van der Waals surface area contributed by atoms with Crippen molar-refractivity contribution in [3.05, 3.63) is 53.1 Å². The lowest BCUT2D eigenvalue weighted by atomic mass is 9.89. The Bertz CT molecular complexity index is 912. The summed E-state index contributed by atoms with van der Waals surface area (Å²) in [4.78, 5) is 29.4. The predicted molar refractivity (Wildman–Crippen MR) is 111 cm³/mol. The third kappa shape index (κ3) is 3.05. The van der Waals surface area contributed by atoms with Crippen LogP contribution < -0.4 is 15.1 Å². The molecule has 1 N–H and O–H groups in total. The normalized spacial score (nSPS) is 18.2. The van der Waals surface area contributed by atoms with Gasteiger partial charge in [-0.1, -0.05) is 0 Å². The number of hydrogen-bond acceptors (Lipinski definition) is 3. The average molecular weight is 375 g/mol. The molecule has 1 fully saturated rings. The van der Waals surface area contributed by atoms with Gasteiger partial charge in [-0.2, -0.15) is 0 Å². The molecule has 2 aromatic carbocycles. The van der Waals surface area contributed by atoms with E-state index in [1.165, 1.54) is 18.5 Å². The SMILES string of the molecule is O=C(Nc1ccc(N2CCCC2)cc1)c1cc2c3c(c1)CCC(=O)N3CCC2. The lowest BCUT2D eigenvalue weighted by Gasteiger charge is -2.35. The number of hydrogen-bond donors (Lipinski definition) is 1. The number of nitrogens with zero attached hydrogens (tertiary/aromatic N) is 2. The van der Waals surface area contributed by atoms with Gasteiger partial charge in [-0.3, -0.25) is 9.59 Å². The van der Waals surface area contributed by atoms with Gasteiger partial charge in [-0.15, -0.1) is 0 Å². The molecular weight excluding hydrogens is 350 g/mol. The van der Waals surface area contributed by atoms with E-state index in [4.69, 9.17) is 0 Å². The van der Waals surface area contributed by atoms with Gasteiger partial charge in [0.2, 0.25) is 5.91 Å². The third-order valence-corrected chi connectivity index (χ3v) is 6.13. The smallest absolute Gasteiger partial charge is 0.255 e. The second-order valence-electron chi connectivity index (χ2n) is 7.99. The molecule has 0 bridgehead atoms. The molecular formula is C23H25N3O2. The summed E-state index contributed by atoms with van der Waals surface area (Å²) in [5.41, 5.74) is 6.05. The summed E-state index contributed by atoms with van der Waals surface area (Å²) in [6.07, 6.45) is 5.65. The molecule has 1 saturated heterocycles. The lowest BCUT2D eigenvalue weighted by molar-refractivity contribution is -0.119. The van der Waals surface area contributed by atoms with Crippen molar-refractivity contribution in [3.8, 4) is 0 Å². The molecule has 2 aromatic rings. The second kappa shape index (κ2) is 6.97. The van der Waals surface area contributed by atoms with Crippen molar-refractivity contribution >= 4 is 28.9 Å². The molecule has 28 heavy (non-hydrogen) atoms. The highest BCUT2D eigenvalue weighted by Gasteiger charge is 2.30. The molecule has 5 rings (SSSR count). The summed E-state index contributed by atoms with van der Waals surface area (Å²) in [7, 11) is 0. The van der Waals surface area contributed by atoms with Crippen LogP contribution in [-0.4, -0.2) is 31.4 Å². The fourth-order valence-electron chi connectivity index (χ4n) is 4.72. The van der Waals surface area contributed by atoms with E-state index in [0.717, 1.165) is 61.4 Å². The maximum absolute atomic E-state index is 12.9. The molecule has 5 heteroatoms. The van der Waals surface area contributed by atoms with E-state index in [1.54, 1.807) is 0 Å². The monoisotopic (exact) mass is 375 g/mol. The number of nitrogens with one attached hydrogen (secondary N) is 1. The Balaban J connectivity index is 1.36. The van der Waals surface area contributed by atoms with Gasteiger partial charge in [-0.05, 0) is 79.6 Å². The van der Waals surface area contributed by atoms with Crippen LogP contribution in [-0.2, 0) is 17.6 Å². The molecule has 2 amide bonds. The molecule has 144 valence electrons. The molecule has 5 nitrogen and oxygen atoms in total. The molecule has 0 saturated carbocycles. The molecule has 3 heterocycles. The van der Waals surface area contributed by atoms with Crippen molar-refractivity contribution in [2.45, 2.75) is 38.5 Å². The zero-order valence-corrected chi connectivity index (χ0v) is 16.0. The maximum Gasteiger partial charge on any atom is 0.255 e. The van der Waals surface area contributed by atoms with E-state index in [1.807, 2.05) is 29.2 Å². The first-order valence-corrected chi connectivity index (χ1v) is 10.3. The predicted octanol–water partition coefficient (Wildman–Crippen LogP) is 3.76. The highest BCUT2D eigenvalue weighted by atomic mass is 16.2. The van der Waals surface area contributed by atoms with Crippen LogP contribution in [0.25, 0.3) is 0 Å². The van der Waals surface area contributed by atoms with Gasteiger partial charge in [-0.25, -0.2) is 0 Å². The maximum atomic E-state index is 12.9. The standard InChI is InChI=1S/C23H25N3O2/c27-21-10-5-17-15-18(14-16-4-3-13-26(21)22(16)17)23(28)24-19-6-8-20(9-7-19)25-11-1-2-12-25/h6-9,14-15H,1-5,10-13H2,(H,24,28). The van der Waals surface area contributed by atoms with Gasteiger partial charge < -0.3 is 15.1 Å². The van der Waals surface area contributed by atoms with Crippen molar-refractivity contribution in [2.24, 2.45) is 0 Å². The second-order valence-corrected chi connectivity index (χ2v) is 7.99. The molecule has 3 aliphatic heterocycles. The van der Waals surface area contributed by atoms with Gasteiger partial charge >= 0.3 is 0 Å². The zero-order valence-electron chi connectivity index (χ0n) is 16.0. The minimum Gasteiger partial charge on any atom is -0.372 e. The number of carbonyl (C=O) groups is 2. The number of aryl methyl sites for hydroxylation is 2. The Labute approximate surface area is 165 Å². The molecule has 0 aliphatic carbocycles. The molecule has 0 atom stereocenters. The van der Waals surface area contributed by atoms with Crippen molar-refractivity contribution in [1.29, 1.82) is 0 Å². The largest absolute Gasteiger partial charge is 0.372 e. The Kier molecular flexibility index (Phi) is 4.30. The Morgan fingerprint density at radius 2 is 1.57 bits per heavy atom. The van der Waals surface area contributed by atoms with Crippen LogP contribution in [0.4, 0.5) is 17.1 Å². The van der Waals surface area contributed by atoms with Gasteiger partial charge in [0.25, 0.3) is 5.91 Å². The molecule has 3 aliphatic rings. The van der Waals surface area contributed by atoms with Crippen molar-refractivity contribution < 1.29 is 9.59 Å². The molecule has 0 unspecified atom stereocenters. The van der Waals surface area contributed by atoms with E-state index >= 15 is 0 Å². The van der Waals surface area contributed by atoms with Gasteiger partial charge in [0.05, 0.1) is 5.69 Å². The van der Waals surface area contributed by atoms with Gasteiger partial charge in [0, 0.05) is 43.0 Å². The van der Waals surface area contributed by atoms with Crippen LogP contribution in [0.5, 0.6) is 0 Å². The summed E-state index contributed by atoms with van der Waals surface area (Å²) in [6, 6.07) is 12.1.